The second kappa shape index (κ2) is 14.2. The van der Waals surface area contributed by atoms with Gasteiger partial charge in [0.2, 0.25) is 0 Å². The fraction of sp³-hybridized carbons (Fsp3) is 0.543. The van der Waals surface area contributed by atoms with E-state index in [0.717, 1.165) is 66.7 Å². The average Bonchev–Trinajstić information content (AvgIpc) is 3.59. The maximum atomic E-state index is 14.5. The van der Waals surface area contributed by atoms with Crippen LogP contribution in [0.2, 0.25) is 5.02 Å². The van der Waals surface area contributed by atoms with E-state index in [0.29, 0.717) is 49.9 Å². The number of benzene rings is 2. The molecule has 0 saturated carbocycles. The molecule has 3 aliphatic heterocycles. The number of likely N-dealkylation sites (N-methyl/N-ethyl adjacent to an activating group) is 1. The first kappa shape index (κ1) is 33.9. The summed E-state index contributed by atoms with van der Waals surface area (Å²) in [6.07, 6.45) is 3.92. The maximum absolute atomic E-state index is 14.5. The lowest BCUT2D eigenvalue weighted by Crippen LogP contribution is -2.43. The van der Waals surface area contributed by atoms with Gasteiger partial charge in [-0.15, -0.1) is 0 Å². The van der Waals surface area contributed by atoms with Crippen molar-refractivity contribution in [1.29, 1.82) is 0 Å². The molecule has 2 atom stereocenters. The van der Waals surface area contributed by atoms with Crippen molar-refractivity contribution in [3.8, 4) is 6.01 Å². The zero-order valence-electron chi connectivity index (χ0n) is 27.7. The number of halogens is 2. The van der Waals surface area contributed by atoms with Gasteiger partial charge >= 0.3 is 6.01 Å². The van der Waals surface area contributed by atoms with Gasteiger partial charge in [0.05, 0.1) is 28.6 Å². The van der Waals surface area contributed by atoms with Crippen molar-refractivity contribution < 1.29 is 17.5 Å². The van der Waals surface area contributed by atoms with Gasteiger partial charge in [-0.3, -0.25) is 4.90 Å². The third-order valence-electron chi connectivity index (χ3n) is 10.1. The normalized spacial score (nSPS) is 21.6. The first-order chi connectivity index (χ1) is 22.6. The highest BCUT2D eigenvalue weighted by Crippen LogP contribution is 2.41. The quantitative estimate of drug-likeness (QED) is 0.232. The molecule has 0 N–H and O–H groups in total. The number of sulfone groups is 1. The summed E-state index contributed by atoms with van der Waals surface area (Å²) < 4.78 is 46.7. The fourth-order valence-electron chi connectivity index (χ4n) is 7.42. The van der Waals surface area contributed by atoms with E-state index in [4.69, 9.17) is 26.3 Å². The van der Waals surface area contributed by atoms with Gasteiger partial charge in [0.25, 0.3) is 0 Å². The highest BCUT2D eigenvalue weighted by Gasteiger charge is 2.49. The van der Waals surface area contributed by atoms with Crippen molar-refractivity contribution in [2.45, 2.75) is 57.8 Å². The van der Waals surface area contributed by atoms with Gasteiger partial charge in [0, 0.05) is 61.7 Å². The number of rotatable bonds is 13. The predicted octanol–water partition coefficient (Wildman–Crippen LogP) is 5.51. The van der Waals surface area contributed by atoms with Gasteiger partial charge < -0.3 is 19.4 Å². The lowest BCUT2D eigenvalue weighted by molar-refractivity contribution is 0.107. The van der Waals surface area contributed by atoms with Crippen LogP contribution in [0.1, 0.15) is 44.4 Å². The van der Waals surface area contributed by atoms with Crippen molar-refractivity contribution in [2.75, 3.05) is 75.0 Å². The molecule has 2 fully saturated rings. The molecule has 1 aromatic heterocycles. The molecule has 9 nitrogen and oxygen atoms in total. The van der Waals surface area contributed by atoms with Crippen molar-refractivity contribution in [3.05, 3.63) is 64.2 Å². The zero-order valence-corrected chi connectivity index (χ0v) is 29.2. The summed E-state index contributed by atoms with van der Waals surface area (Å²) in [5, 5.41) is 4.11. The van der Waals surface area contributed by atoms with Crippen molar-refractivity contribution >= 4 is 43.7 Å². The topological polar surface area (TPSA) is 82.1 Å². The molecule has 0 amide bonds. The molecule has 0 spiro atoms. The van der Waals surface area contributed by atoms with Crippen LogP contribution in [0.4, 0.5) is 15.9 Å². The molecular formula is C35H46ClFN6O3S. The lowest BCUT2D eigenvalue weighted by Gasteiger charge is -2.34. The van der Waals surface area contributed by atoms with E-state index in [1.807, 2.05) is 30.1 Å². The number of anilines is 2. The summed E-state index contributed by atoms with van der Waals surface area (Å²) in [4.78, 5) is 18.4. The molecule has 0 bridgehead atoms. The van der Waals surface area contributed by atoms with E-state index in [2.05, 4.69) is 46.7 Å². The second-order valence-electron chi connectivity index (χ2n) is 13.1. The van der Waals surface area contributed by atoms with Gasteiger partial charge in [0.15, 0.2) is 9.84 Å². The van der Waals surface area contributed by atoms with Gasteiger partial charge in [-0.2, -0.15) is 9.97 Å². The summed E-state index contributed by atoms with van der Waals surface area (Å²) in [5.41, 5.74) is 2.53. The molecule has 4 heterocycles. The Hall–Kier alpha value is -2.99. The Morgan fingerprint density at radius 1 is 1.15 bits per heavy atom. The summed E-state index contributed by atoms with van der Waals surface area (Å²) in [6, 6.07) is 12.4. The van der Waals surface area contributed by atoms with Gasteiger partial charge in [-0.05, 0) is 56.4 Å². The molecule has 0 aliphatic carbocycles. The van der Waals surface area contributed by atoms with E-state index < -0.39 is 16.0 Å². The van der Waals surface area contributed by atoms with E-state index in [9.17, 15) is 12.8 Å². The predicted molar refractivity (Wildman–Crippen MR) is 188 cm³/mol. The molecule has 3 aromatic rings. The number of alkyl halides is 1. The molecule has 6 rings (SSSR count). The summed E-state index contributed by atoms with van der Waals surface area (Å²) in [6.45, 7) is 9.62. The van der Waals surface area contributed by atoms with E-state index in [1.54, 1.807) is 6.08 Å². The number of nitrogens with zero attached hydrogens (tertiary/aromatic N) is 6. The van der Waals surface area contributed by atoms with Crippen LogP contribution in [0.15, 0.2) is 47.9 Å². The van der Waals surface area contributed by atoms with Crippen molar-refractivity contribution in [3.63, 3.8) is 0 Å². The maximum Gasteiger partial charge on any atom is 0.318 e. The fourth-order valence-corrected chi connectivity index (χ4v) is 8.74. The molecular weight excluding hydrogens is 639 g/mol. The average molecular weight is 685 g/mol. The standard InChI is InChI=1S/C35H46ClFN6O3S/c1-4-41(5-2)16-9-20-47(44,45)21-19-40(3)33-28-14-18-42(31-13-7-11-26-10-6-12-29(36)32(26)31)24-30(28)38-34(39-33)46-25-35-15-8-17-43(35)23-27(37)22-35/h6-7,9-13,20,27H,4-5,8,14-19,21-25H2,1-3H3/b20-9+/t27-,35+/m1/s1. The highest BCUT2D eigenvalue weighted by atomic mass is 35.5. The summed E-state index contributed by atoms with van der Waals surface area (Å²) in [5.74, 6) is 0.641. The molecule has 12 heteroatoms. The van der Waals surface area contributed by atoms with Crippen LogP contribution < -0.4 is 14.5 Å². The number of fused-ring (bicyclic) bond motifs is 3. The minimum atomic E-state index is -3.42. The molecule has 0 radical (unpaired) electrons. The Bertz CT molecular complexity index is 1720. The third kappa shape index (κ3) is 7.38. The highest BCUT2D eigenvalue weighted by molar-refractivity contribution is 7.94. The summed E-state index contributed by atoms with van der Waals surface area (Å²) in [7, 11) is -1.54. The molecule has 2 aromatic carbocycles. The Morgan fingerprint density at radius 3 is 2.72 bits per heavy atom. The van der Waals surface area contributed by atoms with Crippen LogP contribution in [0.3, 0.4) is 0 Å². The van der Waals surface area contributed by atoms with Gasteiger partial charge in [-0.1, -0.05) is 55.8 Å². The SMILES string of the molecule is CCN(CC)C/C=C/S(=O)(=O)CCN(C)c1nc(OC[C@@]23CCCN2C[C@H](F)C3)nc2c1CCN(c1cccc3cccc(Cl)c13)C2. The number of aromatic nitrogens is 2. The molecule has 47 heavy (non-hydrogen) atoms. The van der Waals surface area contributed by atoms with Crippen LogP contribution in [0.25, 0.3) is 10.8 Å². The number of ether oxygens (including phenoxy) is 1. The monoisotopic (exact) mass is 684 g/mol. The van der Waals surface area contributed by atoms with Crippen LogP contribution in [-0.2, 0) is 22.8 Å². The molecule has 0 unspecified atom stereocenters. The Morgan fingerprint density at radius 2 is 1.94 bits per heavy atom. The van der Waals surface area contributed by atoms with Crippen molar-refractivity contribution in [1.82, 2.24) is 19.8 Å². The number of hydrogen-bond acceptors (Lipinski definition) is 9. The van der Waals surface area contributed by atoms with E-state index in [-0.39, 0.29) is 23.8 Å². The summed E-state index contributed by atoms with van der Waals surface area (Å²) >= 11 is 6.70. The lowest BCUT2D eigenvalue weighted by atomic mass is 9.95. The van der Waals surface area contributed by atoms with Crippen LogP contribution in [-0.4, -0.2) is 105 Å². The van der Waals surface area contributed by atoms with Crippen molar-refractivity contribution in [2.24, 2.45) is 0 Å². The Balaban J connectivity index is 1.26. The smallest absolute Gasteiger partial charge is 0.318 e. The zero-order chi connectivity index (χ0) is 33.2. The van der Waals surface area contributed by atoms with Crippen LogP contribution in [0.5, 0.6) is 6.01 Å². The molecule has 3 aliphatic rings. The first-order valence-corrected chi connectivity index (χ1v) is 18.9. The number of hydrogen-bond donors (Lipinski definition) is 0. The minimum absolute atomic E-state index is 0.0379. The van der Waals surface area contributed by atoms with Gasteiger partial charge in [-0.25, -0.2) is 12.8 Å². The third-order valence-corrected chi connectivity index (χ3v) is 11.7. The van der Waals surface area contributed by atoms with Crippen LogP contribution in [0, 0.1) is 0 Å². The first-order valence-electron chi connectivity index (χ1n) is 16.8. The minimum Gasteiger partial charge on any atom is -0.461 e. The largest absolute Gasteiger partial charge is 0.461 e. The van der Waals surface area contributed by atoms with E-state index >= 15 is 0 Å². The van der Waals surface area contributed by atoms with Crippen LogP contribution >= 0.6 is 11.6 Å². The molecule has 2 saturated heterocycles. The Labute approximate surface area is 283 Å². The Kier molecular flexibility index (Phi) is 10.3. The molecule has 254 valence electrons. The van der Waals surface area contributed by atoms with E-state index in [1.165, 1.54) is 5.41 Å². The second-order valence-corrected chi connectivity index (χ2v) is 15.5. The van der Waals surface area contributed by atoms with Gasteiger partial charge in [0.1, 0.15) is 18.6 Å².